The van der Waals surface area contributed by atoms with E-state index in [-0.39, 0.29) is 11.4 Å². The zero-order valence-electron chi connectivity index (χ0n) is 12.9. The van der Waals surface area contributed by atoms with Crippen molar-refractivity contribution < 1.29 is 4.79 Å². The van der Waals surface area contributed by atoms with Crippen LogP contribution in [0.4, 0.5) is 5.69 Å². The molecule has 0 bridgehead atoms. The molecule has 1 aliphatic carbocycles. The Morgan fingerprint density at radius 1 is 1.50 bits per heavy atom. The molecule has 0 atom stereocenters. The predicted octanol–water partition coefficient (Wildman–Crippen LogP) is 1.01. The number of amides is 1. The van der Waals surface area contributed by atoms with Gasteiger partial charge in [-0.05, 0) is 47.2 Å². The van der Waals surface area contributed by atoms with Crippen LogP contribution in [0, 0.1) is 6.92 Å². The molecule has 6 heteroatoms. The molecular weight excluding hydrogens is 254 g/mol. The number of anilines is 1. The normalized spacial score (nSPS) is 17.1. The SMILES string of the molecule is CCn1nc(C)c(N)c1C(=O)NCC1(N(C)C)CCC1. The predicted molar refractivity (Wildman–Crippen MR) is 79.7 cm³/mol. The molecular formula is C14H25N5O. The summed E-state index contributed by atoms with van der Waals surface area (Å²) in [4.78, 5) is 14.6. The average Bonchev–Trinajstić information content (AvgIpc) is 2.63. The molecule has 0 saturated heterocycles. The molecule has 0 radical (unpaired) electrons. The maximum atomic E-state index is 12.4. The summed E-state index contributed by atoms with van der Waals surface area (Å²) >= 11 is 0. The van der Waals surface area contributed by atoms with Gasteiger partial charge in [0, 0.05) is 18.6 Å². The van der Waals surface area contributed by atoms with Crippen molar-refractivity contribution in [3.63, 3.8) is 0 Å². The molecule has 1 aromatic heterocycles. The molecule has 112 valence electrons. The Balaban J connectivity index is 2.09. The van der Waals surface area contributed by atoms with Gasteiger partial charge in [-0.2, -0.15) is 5.10 Å². The number of carbonyl (C=O) groups is 1. The summed E-state index contributed by atoms with van der Waals surface area (Å²) < 4.78 is 1.67. The highest BCUT2D eigenvalue weighted by Crippen LogP contribution is 2.35. The number of hydrogen-bond acceptors (Lipinski definition) is 4. The lowest BCUT2D eigenvalue weighted by atomic mass is 9.75. The van der Waals surface area contributed by atoms with Crippen molar-refractivity contribution in [3.05, 3.63) is 11.4 Å². The number of nitrogens with one attached hydrogen (secondary N) is 1. The van der Waals surface area contributed by atoms with Crippen LogP contribution < -0.4 is 11.1 Å². The van der Waals surface area contributed by atoms with E-state index in [2.05, 4.69) is 29.4 Å². The van der Waals surface area contributed by atoms with Crippen LogP contribution in [0.1, 0.15) is 42.4 Å². The minimum atomic E-state index is -0.127. The summed E-state index contributed by atoms with van der Waals surface area (Å²) in [7, 11) is 4.14. The standard InChI is InChI=1S/C14H25N5O/c1-5-19-12(11(15)10(2)17-19)13(20)16-9-14(18(3)4)7-6-8-14/h5-9,15H2,1-4H3,(H,16,20). The second-order valence-corrected chi connectivity index (χ2v) is 5.82. The zero-order valence-corrected chi connectivity index (χ0v) is 12.9. The van der Waals surface area contributed by atoms with E-state index < -0.39 is 0 Å². The number of carbonyl (C=O) groups excluding carboxylic acids is 1. The number of rotatable bonds is 5. The van der Waals surface area contributed by atoms with Gasteiger partial charge in [-0.1, -0.05) is 0 Å². The Bertz CT molecular complexity index is 502. The van der Waals surface area contributed by atoms with Crippen LogP contribution in [0.2, 0.25) is 0 Å². The third kappa shape index (κ3) is 2.40. The molecule has 3 N–H and O–H groups in total. The van der Waals surface area contributed by atoms with Crippen LogP contribution in [0.5, 0.6) is 0 Å². The highest BCUT2D eigenvalue weighted by molar-refractivity contribution is 5.98. The van der Waals surface area contributed by atoms with Crippen LogP contribution in [0.25, 0.3) is 0 Å². The van der Waals surface area contributed by atoms with E-state index in [1.807, 2.05) is 13.8 Å². The molecule has 0 unspecified atom stereocenters. The molecule has 0 aromatic carbocycles. The highest BCUT2D eigenvalue weighted by Gasteiger charge is 2.39. The van der Waals surface area contributed by atoms with Crippen molar-refractivity contribution in [1.29, 1.82) is 0 Å². The summed E-state index contributed by atoms with van der Waals surface area (Å²) in [6.07, 6.45) is 3.48. The smallest absolute Gasteiger partial charge is 0.271 e. The monoisotopic (exact) mass is 279 g/mol. The third-order valence-corrected chi connectivity index (χ3v) is 4.50. The second-order valence-electron chi connectivity index (χ2n) is 5.82. The Hall–Kier alpha value is -1.56. The molecule has 1 amide bonds. The maximum absolute atomic E-state index is 12.4. The lowest BCUT2D eigenvalue weighted by molar-refractivity contribution is 0.0555. The fourth-order valence-electron chi connectivity index (χ4n) is 2.76. The van der Waals surface area contributed by atoms with Gasteiger partial charge in [0.05, 0.1) is 11.4 Å². The van der Waals surface area contributed by atoms with Gasteiger partial charge in [-0.15, -0.1) is 0 Å². The van der Waals surface area contributed by atoms with Gasteiger partial charge >= 0.3 is 0 Å². The summed E-state index contributed by atoms with van der Waals surface area (Å²) in [5.74, 6) is -0.127. The van der Waals surface area contributed by atoms with Crippen molar-refractivity contribution >= 4 is 11.6 Å². The van der Waals surface area contributed by atoms with Gasteiger partial charge in [0.15, 0.2) is 0 Å². The molecule has 1 saturated carbocycles. The first-order valence-electron chi connectivity index (χ1n) is 7.20. The first-order chi connectivity index (χ1) is 9.41. The number of nitrogens with two attached hydrogens (primary N) is 1. The van der Waals surface area contributed by atoms with Crippen LogP contribution in [0.15, 0.2) is 0 Å². The van der Waals surface area contributed by atoms with Crippen LogP contribution in [-0.2, 0) is 6.54 Å². The number of aryl methyl sites for hydroxylation is 2. The third-order valence-electron chi connectivity index (χ3n) is 4.50. The Labute approximate surface area is 120 Å². The van der Waals surface area contributed by atoms with Gasteiger partial charge in [0.1, 0.15) is 5.69 Å². The maximum Gasteiger partial charge on any atom is 0.271 e. The Kier molecular flexibility index (Phi) is 4.04. The van der Waals surface area contributed by atoms with E-state index in [1.165, 1.54) is 6.42 Å². The molecule has 1 heterocycles. The number of nitrogens with zero attached hydrogens (tertiary/aromatic N) is 3. The van der Waals surface area contributed by atoms with Gasteiger partial charge < -0.3 is 16.0 Å². The molecule has 1 aromatic rings. The number of likely N-dealkylation sites (N-methyl/N-ethyl adjacent to an activating group) is 1. The van der Waals surface area contributed by atoms with Crippen molar-refractivity contribution in [1.82, 2.24) is 20.0 Å². The molecule has 0 aliphatic heterocycles. The van der Waals surface area contributed by atoms with E-state index in [9.17, 15) is 4.79 Å². The van der Waals surface area contributed by atoms with Crippen molar-refractivity contribution in [2.24, 2.45) is 0 Å². The molecule has 6 nitrogen and oxygen atoms in total. The molecule has 20 heavy (non-hydrogen) atoms. The van der Waals surface area contributed by atoms with Crippen molar-refractivity contribution in [2.75, 3.05) is 26.4 Å². The van der Waals surface area contributed by atoms with Gasteiger partial charge in [0.2, 0.25) is 0 Å². The first kappa shape index (κ1) is 14.8. The minimum absolute atomic E-state index is 0.108. The van der Waals surface area contributed by atoms with Gasteiger partial charge in [-0.25, -0.2) is 0 Å². The molecule has 1 aliphatic rings. The minimum Gasteiger partial charge on any atom is -0.395 e. The van der Waals surface area contributed by atoms with Gasteiger partial charge in [-0.3, -0.25) is 9.48 Å². The van der Waals surface area contributed by atoms with Crippen LogP contribution in [0.3, 0.4) is 0 Å². The number of nitrogen functional groups attached to an aromatic ring is 1. The van der Waals surface area contributed by atoms with E-state index >= 15 is 0 Å². The van der Waals surface area contributed by atoms with Crippen LogP contribution >= 0.6 is 0 Å². The summed E-state index contributed by atoms with van der Waals surface area (Å²) in [5.41, 5.74) is 7.76. The lowest BCUT2D eigenvalue weighted by Crippen LogP contribution is -2.57. The average molecular weight is 279 g/mol. The van der Waals surface area contributed by atoms with Crippen molar-refractivity contribution in [3.8, 4) is 0 Å². The van der Waals surface area contributed by atoms with E-state index in [1.54, 1.807) is 4.68 Å². The van der Waals surface area contributed by atoms with Gasteiger partial charge in [0.25, 0.3) is 5.91 Å². The molecule has 2 rings (SSSR count). The van der Waals surface area contributed by atoms with E-state index in [0.29, 0.717) is 30.2 Å². The lowest BCUT2D eigenvalue weighted by Gasteiger charge is -2.47. The Morgan fingerprint density at radius 3 is 2.60 bits per heavy atom. The summed E-state index contributed by atoms with van der Waals surface area (Å²) in [6, 6.07) is 0. The van der Waals surface area contributed by atoms with Crippen molar-refractivity contribution in [2.45, 2.75) is 45.2 Å². The fraction of sp³-hybridized carbons (Fsp3) is 0.714. The Morgan fingerprint density at radius 2 is 2.15 bits per heavy atom. The second kappa shape index (κ2) is 5.44. The first-order valence-corrected chi connectivity index (χ1v) is 7.20. The quantitative estimate of drug-likeness (QED) is 0.843. The van der Waals surface area contributed by atoms with E-state index in [4.69, 9.17) is 5.73 Å². The zero-order chi connectivity index (χ0) is 14.9. The van der Waals surface area contributed by atoms with E-state index in [0.717, 1.165) is 12.8 Å². The summed E-state index contributed by atoms with van der Waals surface area (Å²) in [5, 5.41) is 7.31. The largest absolute Gasteiger partial charge is 0.395 e. The van der Waals surface area contributed by atoms with Crippen LogP contribution in [-0.4, -0.2) is 46.8 Å². The molecule has 0 spiro atoms. The summed E-state index contributed by atoms with van der Waals surface area (Å²) in [6.45, 7) is 5.08. The molecule has 1 fully saturated rings. The number of hydrogen-bond donors (Lipinski definition) is 2. The topological polar surface area (TPSA) is 76.2 Å². The highest BCUT2D eigenvalue weighted by atomic mass is 16.2. The fourth-order valence-corrected chi connectivity index (χ4v) is 2.76. The number of aromatic nitrogens is 2.